The van der Waals surface area contributed by atoms with Gasteiger partial charge in [-0.3, -0.25) is 9.59 Å². The van der Waals surface area contributed by atoms with Crippen molar-refractivity contribution >= 4 is 34.5 Å². The van der Waals surface area contributed by atoms with Crippen LogP contribution in [0.15, 0.2) is 0 Å². The maximum atomic E-state index is 11.5. The first-order valence-corrected chi connectivity index (χ1v) is 6.41. The van der Waals surface area contributed by atoms with Crippen molar-refractivity contribution in [1.29, 1.82) is 0 Å². The smallest absolute Gasteiger partial charge is 0.309 e. The van der Waals surface area contributed by atoms with E-state index in [2.05, 4.69) is 22.6 Å². The van der Waals surface area contributed by atoms with Gasteiger partial charge in [0.25, 0.3) is 0 Å². The summed E-state index contributed by atoms with van der Waals surface area (Å²) < 4.78 is 5.62. The quantitative estimate of drug-likeness (QED) is 0.446. The number of carbonyl (C=O) groups excluding carboxylic acids is 1. The molecule has 3 rings (SSSR count). The van der Waals surface area contributed by atoms with E-state index in [1.54, 1.807) is 0 Å². The third-order valence-electron chi connectivity index (χ3n) is 4.09. The summed E-state index contributed by atoms with van der Waals surface area (Å²) in [7, 11) is 0. The van der Waals surface area contributed by atoms with Gasteiger partial charge in [-0.25, -0.2) is 0 Å². The first-order chi connectivity index (χ1) is 7.09. The highest BCUT2D eigenvalue weighted by Gasteiger charge is 2.63. The van der Waals surface area contributed by atoms with Crippen molar-refractivity contribution in [3.05, 3.63) is 0 Å². The van der Waals surface area contributed by atoms with Gasteiger partial charge in [-0.15, -0.1) is 0 Å². The van der Waals surface area contributed by atoms with Crippen molar-refractivity contribution < 1.29 is 19.4 Å². The third kappa shape index (κ3) is 1.18. The molecule has 1 aliphatic heterocycles. The molecule has 1 saturated heterocycles. The fourth-order valence-electron chi connectivity index (χ4n) is 3.51. The van der Waals surface area contributed by atoms with Crippen LogP contribution in [-0.4, -0.2) is 27.1 Å². The van der Waals surface area contributed by atoms with Crippen LogP contribution in [0.3, 0.4) is 0 Å². The minimum atomic E-state index is -0.744. The first kappa shape index (κ1) is 9.86. The van der Waals surface area contributed by atoms with Gasteiger partial charge in [-0.2, -0.15) is 0 Å². The lowest BCUT2D eigenvalue weighted by molar-refractivity contribution is -0.145. The van der Waals surface area contributed by atoms with E-state index in [-0.39, 0.29) is 35.7 Å². The van der Waals surface area contributed by atoms with Crippen molar-refractivity contribution in [1.82, 2.24) is 0 Å². The highest BCUT2D eigenvalue weighted by atomic mass is 127. The summed E-state index contributed by atoms with van der Waals surface area (Å²) in [4.78, 5) is 22.6. The van der Waals surface area contributed by atoms with E-state index < -0.39 is 5.97 Å². The van der Waals surface area contributed by atoms with Crippen molar-refractivity contribution in [3.63, 3.8) is 0 Å². The van der Waals surface area contributed by atoms with Gasteiger partial charge >= 0.3 is 11.9 Å². The monoisotopic (exact) mass is 322 g/mol. The maximum absolute atomic E-state index is 11.5. The number of carbonyl (C=O) groups is 2. The lowest BCUT2D eigenvalue weighted by atomic mass is 9.91. The van der Waals surface area contributed by atoms with Gasteiger partial charge in [0.05, 0.1) is 11.8 Å². The molecule has 82 valence electrons. The second-order valence-corrected chi connectivity index (χ2v) is 6.28. The van der Waals surface area contributed by atoms with E-state index in [1.165, 1.54) is 0 Å². The second kappa shape index (κ2) is 3.09. The molecule has 0 bridgehead atoms. The summed E-state index contributed by atoms with van der Waals surface area (Å²) in [5.41, 5.74) is 0. The number of alkyl halides is 1. The van der Waals surface area contributed by atoms with Crippen molar-refractivity contribution in [3.8, 4) is 0 Å². The highest BCUT2D eigenvalue weighted by Crippen LogP contribution is 2.57. The van der Waals surface area contributed by atoms with Gasteiger partial charge in [0, 0.05) is 9.84 Å². The molecule has 0 aromatic carbocycles. The van der Waals surface area contributed by atoms with Gasteiger partial charge < -0.3 is 9.84 Å². The van der Waals surface area contributed by atoms with Crippen LogP contribution in [0.1, 0.15) is 12.8 Å². The first-order valence-electron chi connectivity index (χ1n) is 5.17. The fraction of sp³-hybridized carbons (Fsp3) is 0.800. The predicted octanol–water partition coefficient (Wildman–Crippen LogP) is 1.07. The van der Waals surface area contributed by atoms with Crippen molar-refractivity contribution in [2.75, 3.05) is 0 Å². The van der Waals surface area contributed by atoms with E-state index in [9.17, 15) is 9.59 Å². The van der Waals surface area contributed by atoms with Crippen LogP contribution < -0.4 is 0 Å². The zero-order valence-corrected chi connectivity index (χ0v) is 10.1. The molecule has 0 spiro atoms. The van der Waals surface area contributed by atoms with Crippen molar-refractivity contribution in [2.24, 2.45) is 23.7 Å². The van der Waals surface area contributed by atoms with Crippen LogP contribution in [0.25, 0.3) is 0 Å². The van der Waals surface area contributed by atoms with Crippen LogP contribution >= 0.6 is 22.6 Å². The van der Waals surface area contributed by atoms with E-state index in [4.69, 9.17) is 9.84 Å². The molecule has 5 heteroatoms. The number of halogens is 1. The number of hydrogen-bond acceptors (Lipinski definition) is 3. The number of ether oxygens (including phenoxy) is 1. The normalized spacial score (nSPS) is 51.7. The number of rotatable bonds is 1. The Balaban J connectivity index is 1.95. The van der Waals surface area contributed by atoms with Crippen LogP contribution in [0, 0.1) is 23.7 Å². The molecule has 0 aromatic rings. The third-order valence-corrected chi connectivity index (χ3v) is 5.31. The van der Waals surface area contributed by atoms with Gasteiger partial charge in [-0.05, 0) is 18.8 Å². The summed E-state index contributed by atoms with van der Waals surface area (Å²) in [6, 6.07) is 0. The number of carboxylic acids is 1. The van der Waals surface area contributed by atoms with Gasteiger partial charge in [0.15, 0.2) is 0 Å². The van der Waals surface area contributed by atoms with Gasteiger partial charge in [-0.1, -0.05) is 22.6 Å². The molecule has 2 aliphatic carbocycles. The Morgan fingerprint density at radius 3 is 2.87 bits per heavy atom. The van der Waals surface area contributed by atoms with Crippen LogP contribution in [0.4, 0.5) is 0 Å². The molecule has 3 fully saturated rings. The van der Waals surface area contributed by atoms with Crippen LogP contribution in [-0.2, 0) is 14.3 Å². The number of esters is 1. The summed E-state index contributed by atoms with van der Waals surface area (Å²) >= 11 is 2.28. The molecule has 1 N–H and O–H groups in total. The minimum absolute atomic E-state index is 0.0163. The van der Waals surface area contributed by atoms with Crippen molar-refractivity contribution in [2.45, 2.75) is 22.9 Å². The zero-order valence-electron chi connectivity index (χ0n) is 7.93. The topological polar surface area (TPSA) is 63.6 Å². The standard InChI is InChI=1S/C10H11IO4/c11-6-2-3-4(9(12)13)1-5-7(3)8(6)15-10(5)14/h3-8H,1-2H2,(H,12,13)/t3-,4-,5+,6+,7-,8-/m0/s1. The number of hydrogen-bond donors (Lipinski definition) is 1. The van der Waals surface area contributed by atoms with E-state index in [0.29, 0.717) is 10.3 Å². The second-order valence-electron chi connectivity index (χ2n) is 4.68. The van der Waals surface area contributed by atoms with Crippen LogP contribution in [0.2, 0.25) is 0 Å². The largest absolute Gasteiger partial charge is 0.481 e. The minimum Gasteiger partial charge on any atom is -0.481 e. The Bertz CT molecular complexity index is 342. The van der Waals surface area contributed by atoms with E-state index >= 15 is 0 Å². The molecule has 1 heterocycles. The lowest BCUT2D eigenvalue weighted by Crippen LogP contribution is -2.21. The summed E-state index contributed by atoms with van der Waals surface area (Å²) in [6.07, 6.45) is 1.36. The van der Waals surface area contributed by atoms with E-state index in [1.807, 2.05) is 0 Å². The molecular weight excluding hydrogens is 311 g/mol. The predicted molar refractivity (Wildman–Crippen MR) is 58.5 cm³/mol. The number of carboxylic acid groups (broad SMARTS) is 1. The average molecular weight is 322 g/mol. The zero-order chi connectivity index (χ0) is 10.7. The van der Waals surface area contributed by atoms with E-state index in [0.717, 1.165) is 6.42 Å². The molecule has 4 nitrogen and oxygen atoms in total. The fourth-order valence-corrected chi connectivity index (χ4v) is 4.73. The SMILES string of the molecule is O=C(O)[C@H]1C[C@H]2C(=O)O[C@@H]3[C@H]2[C@H]1C[C@H]3I. The highest BCUT2D eigenvalue weighted by molar-refractivity contribution is 14.1. The molecule has 0 aromatic heterocycles. The molecule has 2 saturated carbocycles. The molecule has 3 aliphatic rings. The van der Waals surface area contributed by atoms with Gasteiger partial charge in [0.1, 0.15) is 6.10 Å². The molecule has 0 radical (unpaired) electrons. The Morgan fingerprint density at radius 1 is 1.47 bits per heavy atom. The Labute approximate surface area is 100 Å². The Hall–Kier alpha value is -0.330. The molecular formula is C10H11IO4. The molecule has 0 unspecified atom stereocenters. The number of aliphatic carboxylic acids is 1. The average Bonchev–Trinajstić information content (AvgIpc) is 2.73. The summed E-state index contributed by atoms with van der Waals surface area (Å²) in [5.74, 6) is -1.03. The Morgan fingerprint density at radius 2 is 2.20 bits per heavy atom. The van der Waals surface area contributed by atoms with Crippen LogP contribution in [0.5, 0.6) is 0 Å². The summed E-state index contributed by atoms with van der Waals surface area (Å²) in [6.45, 7) is 0. The lowest BCUT2D eigenvalue weighted by Gasteiger charge is -2.13. The molecule has 15 heavy (non-hydrogen) atoms. The molecule has 6 atom stereocenters. The van der Waals surface area contributed by atoms with Gasteiger partial charge in [0.2, 0.25) is 0 Å². The Kier molecular flexibility index (Phi) is 2.03. The molecule has 0 amide bonds. The summed E-state index contributed by atoms with van der Waals surface area (Å²) in [5, 5.41) is 9.11. The maximum Gasteiger partial charge on any atom is 0.309 e.